The predicted octanol–water partition coefficient (Wildman–Crippen LogP) is 3.60. The highest BCUT2D eigenvalue weighted by atomic mass is 79.9. The molecular formula is C16H16BrFN2. The summed E-state index contributed by atoms with van der Waals surface area (Å²) in [6.07, 6.45) is 0. The fraction of sp³-hybridized carbons (Fsp3) is 0.250. The van der Waals surface area contributed by atoms with Crippen molar-refractivity contribution in [1.82, 2.24) is 4.90 Å². The zero-order chi connectivity index (χ0) is 14.1. The molecule has 3 rings (SSSR count). The van der Waals surface area contributed by atoms with Crippen molar-refractivity contribution in [3.05, 3.63) is 69.4 Å². The minimum Gasteiger partial charge on any atom is -0.329 e. The molecular weight excluding hydrogens is 319 g/mol. The maximum atomic E-state index is 14.1. The van der Waals surface area contributed by atoms with Crippen LogP contribution in [0.5, 0.6) is 0 Å². The maximum Gasteiger partial charge on any atom is 0.128 e. The molecule has 1 atom stereocenters. The van der Waals surface area contributed by atoms with Crippen LogP contribution < -0.4 is 5.73 Å². The summed E-state index contributed by atoms with van der Waals surface area (Å²) in [4.78, 5) is 2.23. The van der Waals surface area contributed by atoms with Gasteiger partial charge in [-0.25, -0.2) is 4.39 Å². The summed E-state index contributed by atoms with van der Waals surface area (Å²) >= 11 is 3.40. The Hall–Kier alpha value is -1.23. The maximum absolute atomic E-state index is 14.1. The smallest absolute Gasteiger partial charge is 0.128 e. The van der Waals surface area contributed by atoms with Gasteiger partial charge in [0, 0.05) is 29.7 Å². The average Bonchev–Trinajstić information content (AvgIpc) is 2.87. The van der Waals surface area contributed by atoms with E-state index in [0.717, 1.165) is 17.6 Å². The normalized spacial score (nSPS) is 16.1. The van der Waals surface area contributed by atoms with Gasteiger partial charge in [0.05, 0.1) is 6.04 Å². The Labute approximate surface area is 126 Å². The minimum atomic E-state index is -0.195. The zero-order valence-corrected chi connectivity index (χ0v) is 12.6. The summed E-state index contributed by atoms with van der Waals surface area (Å²) in [6, 6.07) is 13.3. The molecule has 1 aliphatic heterocycles. The standard InChI is InChI=1S/C16H16BrFN2/c17-13-5-6-15(18)14(7-13)16(8-19)20-9-11-3-1-2-4-12(11)10-20/h1-7,16H,8-10,19H2. The third kappa shape index (κ3) is 2.51. The van der Waals surface area contributed by atoms with E-state index in [-0.39, 0.29) is 11.9 Å². The van der Waals surface area contributed by atoms with Crippen LogP contribution in [-0.2, 0) is 13.1 Å². The Morgan fingerprint density at radius 3 is 2.40 bits per heavy atom. The highest BCUT2D eigenvalue weighted by molar-refractivity contribution is 9.10. The van der Waals surface area contributed by atoms with Gasteiger partial charge in [-0.1, -0.05) is 40.2 Å². The summed E-state index contributed by atoms with van der Waals surface area (Å²) in [5.41, 5.74) is 9.19. The van der Waals surface area contributed by atoms with Crippen LogP contribution in [0.4, 0.5) is 4.39 Å². The Bertz CT molecular complexity index is 605. The van der Waals surface area contributed by atoms with Crippen molar-refractivity contribution in [2.45, 2.75) is 19.1 Å². The Morgan fingerprint density at radius 1 is 1.15 bits per heavy atom. The van der Waals surface area contributed by atoms with Crippen molar-refractivity contribution in [3.8, 4) is 0 Å². The van der Waals surface area contributed by atoms with E-state index in [0.29, 0.717) is 12.1 Å². The van der Waals surface area contributed by atoms with Crippen molar-refractivity contribution < 1.29 is 4.39 Å². The van der Waals surface area contributed by atoms with Gasteiger partial charge >= 0.3 is 0 Å². The topological polar surface area (TPSA) is 29.3 Å². The number of nitrogens with zero attached hydrogens (tertiary/aromatic N) is 1. The van der Waals surface area contributed by atoms with Crippen molar-refractivity contribution in [1.29, 1.82) is 0 Å². The lowest BCUT2D eigenvalue weighted by Gasteiger charge is -2.27. The van der Waals surface area contributed by atoms with E-state index in [9.17, 15) is 4.39 Å². The van der Waals surface area contributed by atoms with Crippen LogP contribution in [0, 0.1) is 5.82 Å². The number of nitrogens with two attached hydrogens (primary N) is 1. The van der Waals surface area contributed by atoms with Gasteiger partial charge in [0.15, 0.2) is 0 Å². The van der Waals surface area contributed by atoms with E-state index in [4.69, 9.17) is 5.73 Å². The average molecular weight is 335 g/mol. The fourth-order valence-corrected chi connectivity index (χ4v) is 3.20. The predicted molar refractivity (Wildman–Crippen MR) is 81.6 cm³/mol. The first-order valence-corrected chi connectivity index (χ1v) is 7.44. The van der Waals surface area contributed by atoms with Crippen LogP contribution in [0.15, 0.2) is 46.9 Å². The molecule has 2 nitrogen and oxygen atoms in total. The largest absolute Gasteiger partial charge is 0.329 e. The highest BCUT2D eigenvalue weighted by Gasteiger charge is 2.27. The van der Waals surface area contributed by atoms with Crippen LogP contribution >= 0.6 is 15.9 Å². The van der Waals surface area contributed by atoms with Crippen LogP contribution in [0.1, 0.15) is 22.7 Å². The number of benzene rings is 2. The second-order valence-corrected chi connectivity index (χ2v) is 6.01. The lowest BCUT2D eigenvalue weighted by molar-refractivity contribution is 0.201. The summed E-state index contributed by atoms with van der Waals surface area (Å²) in [6.45, 7) is 2.05. The molecule has 0 saturated carbocycles. The minimum absolute atomic E-state index is 0.0973. The van der Waals surface area contributed by atoms with Crippen LogP contribution in [0.3, 0.4) is 0 Å². The number of halogens is 2. The van der Waals surface area contributed by atoms with Gasteiger partial charge in [0.1, 0.15) is 5.82 Å². The van der Waals surface area contributed by atoms with Gasteiger partial charge in [-0.05, 0) is 29.3 Å². The van der Waals surface area contributed by atoms with Crippen molar-refractivity contribution in [2.24, 2.45) is 5.73 Å². The van der Waals surface area contributed by atoms with Gasteiger partial charge in [-0.15, -0.1) is 0 Å². The van der Waals surface area contributed by atoms with Crippen LogP contribution in [-0.4, -0.2) is 11.4 Å². The molecule has 2 aromatic carbocycles. The Kier molecular flexibility index (Phi) is 3.87. The van der Waals surface area contributed by atoms with E-state index in [2.05, 4.69) is 33.0 Å². The molecule has 20 heavy (non-hydrogen) atoms. The van der Waals surface area contributed by atoms with E-state index in [1.54, 1.807) is 6.07 Å². The van der Waals surface area contributed by atoms with Gasteiger partial charge in [0.25, 0.3) is 0 Å². The molecule has 0 spiro atoms. The highest BCUT2D eigenvalue weighted by Crippen LogP contribution is 2.32. The number of hydrogen-bond donors (Lipinski definition) is 1. The lowest BCUT2D eigenvalue weighted by Crippen LogP contribution is -2.30. The van der Waals surface area contributed by atoms with Crippen molar-refractivity contribution in [3.63, 3.8) is 0 Å². The van der Waals surface area contributed by atoms with Crippen LogP contribution in [0.25, 0.3) is 0 Å². The van der Waals surface area contributed by atoms with E-state index in [1.807, 2.05) is 18.2 Å². The monoisotopic (exact) mass is 334 g/mol. The molecule has 1 heterocycles. The summed E-state index contributed by atoms with van der Waals surface area (Å²) < 4.78 is 15.0. The molecule has 0 bridgehead atoms. The zero-order valence-electron chi connectivity index (χ0n) is 11.0. The van der Waals surface area contributed by atoms with Gasteiger partial charge in [-0.2, -0.15) is 0 Å². The van der Waals surface area contributed by atoms with Crippen molar-refractivity contribution in [2.75, 3.05) is 6.54 Å². The number of fused-ring (bicyclic) bond motifs is 1. The van der Waals surface area contributed by atoms with Crippen molar-refractivity contribution >= 4 is 15.9 Å². The first-order valence-electron chi connectivity index (χ1n) is 6.65. The van der Waals surface area contributed by atoms with Crippen LogP contribution in [0.2, 0.25) is 0 Å². The Morgan fingerprint density at radius 2 is 1.80 bits per heavy atom. The molecule has 1 unspecified atom stereocenters. The first kappa shape index (κ1) is 13.7. The summed E-state index contributed by atoms with van der Waals surface area (Å²) in [7, 11) is 0. The molecule has 1 aliphatic rings. The molecule has 2 N–H and O–H groups in total. The quantitative estimate of drug-likeness (QED) is 0.929. The molecule has 0 radical (unpaired) electrons. The second kappa shape index (κ2) is 5.64. The Balaban J connectivity index is 1.91. The fourth-order valence-electron chi connectivity index (χ4n) is 2.82. The van der Waals surface area contributed by atoms with E-state index in [1.165, 1.54) is 17.2 Å². The molecule has 0 aliphatic carbocycles. The second-order valence-electron chi connectivity index (χ2n) is 5.09. The molecule has 0 saturated heterocycles. The molecule has 104 valence electrons. The van der Waals surface area contributed by atoms with Gasteiger partial charge in [0.2, 0.25) is 0 Å². The third-order valence-electron chi connectivity index (χ3n) is 3.85. The van der Waals surface area contributed by atoms with Gasteiger partial charge in [-0.3, -0.25) is 4.90 Å². The molecule has 4 heteroatoms. The lowest BCUT2D eigenvalue weighted by atomic mass is 10.0. The van der Waals surface area contributed by atoms with Gasteiger partial charge < -0.3 is 5.73 Å². The molecule has 0 fully saturated rings. The molecule has 2 aromatic rings. The molecule has 0 aromatic heterocycles. The van der Waals surface area contributed by atoms with E-state index < -0.39 is 0 Å². The summed E-state index contributed by atoms with van der Waals surface area (Å²) in [5.74, 6) is -0.195. The van der Waals surface area contributed by atoms with E-state index >= 15 is 0 Å². The third-order valence-corrected chi connectivity index (χ3v) is 4.34. The SMILES string of the molecule is NCC(c1cc(Br)ccc1F)N1Cc2ccccc2C1. The first-order chi connectivity index (χ1) is 9.69. The number of hydrogen-bond acceptors (Lipinski definition) is 2. The number of rotatable bonds is 3. The summed E-state index contributed by atoms with van der Waals surface area (Å²) in [5, 5.41) is 0. The molecule has 0 amide bonds.